The molecule has 0 spiro atoms. The minimum Gasteiger partial charge on any atom is -0.372 e. The fourth-order valence-corrected chi connectivity index (χ4v) is 3.75. The summed E-state index contributed by atoms with van der Waals surface area (Å²) in [6.45, 7) is 15.0. The van der Waals surface area contributed by atoms with Crippen molar-refractivity contribution in [3.8, 4) is 11.4 Å². The standard InChI is InChI=1S/C20H29N5OS/c1-6-14-21-19(26)15(5)27-20-23-22-18(25(20)9-4)16-10-12-17(13-11-16)24(7-2)8-3/h6,10-13,15H,1,7-9,14H2,2-5H3,(H,21,26)/t15-/m0/s1. The van der Waals surface area contributed by atoms with Gasteiger partial charge in [0.1, 0.15) is 0 Å². The number of hydrogen-bond acceptors (Lipinski definition) is 5. The second-order valence-electron chi connectivity index (χ2n) is 6.06. The topological polar surface area (TPSA) is 63.1 Å². The van der Waals surface area contributed by atoms with E-state index in [1.165, 1.54) is 17.4 Å². The zero-order valence-electron chi connectivity index (χ0n) is 16.6. The number of thioether (sulfide) groups is 1. The molecule has 1 atom stereocenters. The number of amides is 1. The molecule has 1 amide bonds. The highest BCUT2D eigenvalue weighted by molar-refractivity contribution is 8.00. The van der Waals surface area contributed by atoms with E-state index < -0.39 is 0 Å². The van der Waals surface area contributed by atoms with Crippen LogP contribution in [0, 0.1) is 0 Å². The highest BCUT2D eigenvalue weighted by atomic mass is 32.2. The number of carbonyl (C=O) groups is 1. The normalized spacial score (nSPS) is 11.9. The maximum Gasteiger partial charge on any atom is 0.233 e. The number of nitrogens with one attached hydrogen (secondary N) is 1. The molecule has 1 aromatic carbocycles. The van der Waals surface area contributed by atoms with Crippen LogP contribution < -0.4 is 10.2 Å². The lowest BCUT2D eigenvalue weighted by Gasteiger charge is -2.21. The number of aromatic nitrogens is 3. The average Bonchev–Trinajstić information content (AvgIpc) is 3.10. The summed E-state index contributed by atoms with van der Waals surface area (Å²) in [5.74, 6) is 0.792. The number of hydrogen-bond donors (Lipinski definition) is 1. The van der Waals surface area contributed by atoms with Crippen molar-refractivity contribution in [3.05, 3.63) is 36.9 Å². The molecular weight excluding hydrogens is 358 g/mol. The summed E-state index contributed by atoms with van der Waals surface area (Å²) < 4.78 is 2.05. The largest absolute Gasteiger partial charge is 0.372 e. The van der Waals surface area contributed by atoms with Crippen molar-refractivity contribution in [2.75, 3.05) is 24.5 Å². The van der Waals surface area contributed by atoms with Gasteiger partial charge in [-0.15, -0.1) is 16.8 Å². The predicted molar refractivity (Wildman–Crippen MR) is 113 cm³/mol. The van der Waals surface area contributed by atoms with Crippen molar-refractivity contribution in [1.82, 2.24) is 20.1 Å². The zero-order valence-corrected chi connectivity index (χ0v) is 17.4. The molecule has 1 N–H and O–H groups in total. The molecule has 0 radical (unpaired) electrons. The van der Waals surface area contributed by atoms with Crippen molar-refractivity contribution >= 4 is 23.4 Å². The third kappa shape index (κ3) is 5.13. The second kappa shape index (κ2) is 10.2. The third-order valence-corrected chi connectivity index (χ3v) is 5.44. The van der Waals surface area contributed by atoms with E-state index in [1.807, 2.05) is 11.5 Å². The van der Waals surface area contributed by atoms with Crippen LogP contribution in [-0.4, -0.2) is 45.6 Å². The van der Waals surface area contributed by atoms with E-state index in [-0.39, 0.29) is 11.2 Å². The quantitative estimate of drug-likeness (QED) is 0.499. The number of anilines is 1. The number of benzene rings is 1. The molecule has 0 saturated heterocycles. The van der Waals surface area contributed by atoms with Gasteiger partial charge in [-0.2, -0.15) is 0 Å². The minimum absolute atomic E-state index is 0.0318. The molecule has 2 rings (SSSR count). The molecule has 0 fully saturated rings. The Labute approximate surface area is 166 Å². The Balaban J connectivity index is 2.20. The molecule has 0 aliphatic heterocycles. The lowest BCUT2D eigenvalue weighted by Crippen LogP contribution is -2.31. The molecule has 1 heterocycles. The van der Waals surface area contributed by atoms with Gasteiger partial charge in [-0.1, -0.05) is 17.8 Å². The van der Waals surface area contributed by atoms with Crippen LogP contribution in [0.3, 0.4) is 0 Å². The first kappa shape index (κ1) is 21.0. The van der Waals surface area contributed by atoms with E-state index in [9.17, 15) is 4.79 Å². The first-order chi connectivity index (χ1) is 13.0. The highest BCUT2D eigenvalue weighted by Crippen LogP contribution is 2.28. The van der Waals surface area contributed by atoms with Crippen LogP contribution in [-0.2, 0) is 11.3 Å². The van der Waals surface area contributed by atoms with Gasteiger partial charge in [0.05, 0.1) is 5.25 Å². The first-order valence-corrected chi connectivity index (χ1v) is 10.3. The smallest absolute Gasteiger partial charge is 0.233 e. The number of nitrogens with zero attached hydrogens (tertiary/aromatic N) is 4. The van der Waals surface area contributed by atoms with Crippen LogP contribution in [0.15, 0.2) is 42.1 Å². The summed E-state index contributed by atoms with van der Waals surface area (Å²) in [6.07, 6.45) is 1.67. The van der Waals surface area contributed by atoms with Gasteiger partial charge in [-0.3, -0.25) is 4.79 Å². The molecule has 6 nitrogen and oxygen atoms in total. The molecule has 2 aromatic rings. The van der Waals surface area contributed by atoms with Crippen molar-refractivity contribution < 1.29 is 4.79 Å². The Morgan fingerprint density at radius 2 is 1.93 bits per heavy atom. The number of rotatable bonds is 10. The minimum atomic E-state index is -0.252. The third-order valence-electron chi connectivity index (χ3n) is 4.36. The summed E-state index contributed by atoms with van der Waals surface area (Å²) in [5, 5.41) is 12.0. The van der Waals surface area contributed by atoms with Crippen LogP contribution in [0.4, 0.5) is 5.69 Å². The van der Waals surface area contributed by atoms with Crippen LogP contribution in [0.1, 0.15) is 27.7 Å². The van der Waals surface area contributed by atoms with E-state index in [4.69, 9.17) is 0 Å². The van der Waals surface area contributed by atoms with E-state index in [0.29, 0.717) is 6.54 Å². The predicted octanol–water partition coefficient (Wildman–Crippen LogP) is 3.59. The first-order valence-electron chi connectivity index (χ1n) is 9.39. The van der Waals surface area contributed by atoms with Gasteiger partial charge in [0.15, 0.2) is 11.0 Å². The monoisotopic (exact) mass is 387 g/mol. The van der Waals surface area contributed by atoms with Gasteiger partial charge >= 0.3 is 0 Å². The molecular formula is C20H29N5OS. The van der Waals surface area contributed by atoms with Crippen molar-refractivity contribution in [1.29, 1.82) is 0 Å². The molecule has 0 saturated carbocycles. The summed E-state index contributed by atoms with van der Waals surface area (Å²) in [7, 11) is 0. The van der Waals surface area contributed by atoms with E-state index in [2.05, 4.69) is 72.0 Å². The molecule has 0 aliphatic rings. The van der Waals surface area contributed by atoms with Gasteiger partial charge in [0, 0.05) is 37.4 Å². The van der Waals surface area contributed by atoms with Crippen LogP contribution >= 0.6 is 11.8 Å². The maximum atomic E-state index is 12.1. The Morgan fingerprint density at radius 3 is 2.48 bits per heavy atom. The maximum absolute atomic E-state index is 12.1. The van der Waals surface area contributed by atoms with Gasteiger partial charge in [0.25, 0.3) is 0 Å². The zero-order chi connectivity index (χ0) is 19.8. The van der Waals surface area contributed by atoms with Crippen molar-refractivity contribution in [2.24, 2.45) is 0 Å². The Bertz CT molecular complexity index is 752. The number of carbonyl (C=O) groups excluding carboxylic acids is 1. The molecule has 0 bridgehead atoms. The van der Waals surface area contributed by atoms with Crippen LogP contribution in [0.5, 0.6) is 0 Å². The van der Waals surface area contributed by atoms with E-state index >= 15 is 0 Å². The van der Waals surface area contributed by atoms with E-state index in [1.54, 1.807) is 6.08 Å². The fourth-order valence-electron chi connectivity index (χ4n) is 2.81. The molecule has 0 unspecified atom stereocenters. The Kier molecular flexibility index (Phi) is 7.91. The average molecular weight is 388 g/mol. The van der Waals surface area contributed by atoms with Crippen LogP contribution in [0.25, 0.3) is 11.4 Å². The highest BCUT2D eigenvalue weighted by Gasteiger charge is 2.20. The molecule has 146 valence electrons. The van der Waals surface area contributed by atoms with Crippen LogP contribution in [0.2, 0.25) is 0 Å². The summed E-state index contributed by atoms with van der Waals surface area (Å²) in [6, 6.07) is 8.40. The van der Waals surface area contributed by atoms with Gasteiger partial charge < -0.3 is 14.8 Å². The van der Waals surface area contributed by atoms with Gasteiger partial charge in [-0.25, -0.2) is 0 Å². The Morgan fingerprint density at radius 1 is 1.26 bits per heavy atom. The van der Waals surface area contributed by atoms with Crippen molar-refractivity contribution in [2.45, 2.75) is 44.6 Å². The molecule has 7 heteroatoms. The summed E-state index contributed by atoms with van der Waals surface area (Å²) >= 11 is 1.42. The molecule has 27 heavy (non-hydrogen) atoms. The lowest BCUT2D eigenvalue weighted by molar-refractivity contribution is -0.120. The van der Waals surface area contributed by atoms with Gasteiger partial charge in [0.2, 0.25) is 5.91 Å². The summed E-state index contributed by atoms with van der Waals surface area (Å²) in [5.41, 5.74) is 2.23. The van der Waals surface area contributed by atoms with E-state index in [0.717, 1.165) is 36.2 Å². The SMILES string of the molecule is C=CCNC(=O)[C@H](C)Sc1nnc(-c2ccc(N(CC)CC)cc2)n1CC. The Hall–Kier alpha value is -2.28. The second-order valence-corrected chi connectivity index (χ2v) is 7.37. The van der Waals surface area contributed by atoms with Gasteiger partial charge in [-0.05, 0) is 52.0 Å². The fraction of sp³-hybridized carbons (Fsp3) is 0.450. The lowest BCUT2D eigenvalue weighted by atomic mass is 10.2. The molecule has 0 aliphatic carbocycles. The summed E-state index contributed by atoms with van der Waals surface area (Å²) in [4.78, 5) is 14.4. The molecule has 1 aromatic heterocycles. The van der Waals surface area contributed by atoms with Crippen molar-refractivity contribution in [3.63, 3.8) is 0 Å².